The van der Waals surface area contributed by atoms with Gasteiger partial charge in [0.05, 0.1) is 5.69 Å². The van der Waals surface area contributed by atoms with E-state index < -0.39 is 0 Å². The summed E-state index contributed by atoms with van der Waals surface area (Å²) in [7, 11) is 0. The molecule has 1 aliphatic rings. The summed E-state index contributed by atoms with van der Waals surface area (Å²) in [5.74, 6) is 0. The fraction of sp³-hybridized carbons (Fsp3) is 0.0545. The van der Waals surface area contributed by atoms with Gasteiger partial charge in [0.15, 0.2) is 0 Å². The Kier molecular flexibility index (Phi) is 8.23. The average Bonchev–Trinajstić information content (AvgIpc) is 3.49. The van der Waals surface area contributed by atoms with Crippen molar-refractivity contribution in [2.45, 2.75) is 19.3 Å². The second kappa shape index (κ2) is 13.7. The molecule has 1 heteroatoms. The summed E-state index contributed by atoms with van der Waals surface area (Å²) in [6.07, 6.45) is 0. The monoisotopic (exact) mass is 715 g/mol. The molecular weight excluding hydrogens is 675 g/mol. The fourth-order valence-corrected chi connectivity index (χ4v) is 8.96. The van der Waals surface area contributed by atoms with Gasteiger partial charge in [-0.2, -0.15) is 0 Å². The molecule has 0 fully saturated rings. The first-order chi connectivity index (χ1) is 27.6. The SMILES string of the molecule is CC1(C)c2ccccc2-c2ccc(N(c3ccc(-c4cccc5ccccc45)cc3)c3ccccc3-c3ccccc3-c3ccccc3-c3ccccc3)cc21. The zero-order valence-electron chi connectivity index (χ0n) is 31.7. The average molecular weight is 716 g/mol. The van der Waals surface area contributed by atoms with Crippen LogP contribution in [0.5, 0.6) is 0 Å². The van der Waals surface area contributed by atoms with Crippen LogP contribution in [0.4, 0.5) is 17.1 Å². The van der Waals surface area contributed by atoms with Gasteiger partial charge in [-0.25, -0.2) is 0 Å². The third-order valence-electron chi connectivity index (χ3n) is 11.7. The summed E-state index contributed by atoms with van der Waals surface area (Å²) >= 11 is 0. The number of nitrogens with zero attached hydrogens (tertiary/aromatic N) is 1. The highest BCUT2D eigenvalue weighted by atomic mass is 15.1. The number of benzene rings is 9. The van der Waals surface area contributed by atoms with Gasteiger partial charge < -0.3 is 4.90 Å². The van der Waals surface area contributed by atoms with Crippen molar-refractivity contribution in [1.82, 2.24) is 0 Å². The molecule has 0 atom stereocenters. The molecule has 0 amide bonds. The molecule has 0 heterocycles. The normalized spacial score (nSPS) is 12.6. The Bertz CT molecular complexity index is 2880. The molecule has 0 bridgehead atoms. The van der Waals surface area contributed by atoms with Gasteiger partial charge >= 0.3 is 0 Å². The molecule has 1 nitrogen and oxygen atoms in total. The third-order valence-corrected chi connectivity index (χ3v) is 11.7. The highest BCUT2D eigenvalue weighted by Gasteiger charge is 2.36. The van der Waals surface area contributed by atoms with Crippen LogP contribution in [0.25, 0.3) is 66.4 Å². The van der Waals surface area contributed by atoms with Gasteiger partial charge in [0.1, 0.15) is 0 Å². The number of rotatable bonds is 7. The Balaban J connectivity index is 1.17. The van der Waals surface area contributed by atoms with Gasteiger partial charge in [-0.1, -0.05) is 196 Å². The highest BCUT2D eigenvalue weighted by Crippen LogP contribution is 2.52. The quantitative estimate of drug-likeness (QED) is 0.159. The molecule has 0 aliphatic heterocycles. The summed E-state index contributed by atoms with van der Waals surface area (Å²) in [5.41, 5.74) is 18.3. The second-order valence-corrected chi connectivity index (χ2v) is 15.3. The van der Waals surface area contributed by atoms with Gasteiger partial charge in [-0.05, 0) is 102 Å². The van der Waals surface area contributed by atoms with Crippen molar-refractivity contribution >= 4 is 27.8 Å². The van der Waals surface area contributed by atoms with Gasteiger partial charge in [0.2, 0.25) is 0 Å². The number of para-hydroxylation sites is 1. The van der Waals surface area contributed by atoms with E-state index in [2.05, 4.69) is 231 Å². The van der Waals surface area contributed by atoms with E-state index in [-0.39, 0.29) is 5.41 Å². The molecule has 0 unspecified atom stereocenters. The van der Waals surface area contributed by atoms with Crippen LogP contribution < -0.4 is 4.90 Å². The standard InChI is InChI=1S/C55H41N/c1-55(2)52-29-14-12-26-49(52)50-36-35-42(37-53(50)55)56(41-33-31-40(32-34-41)44-28-16-20-39-19-6-7-21-43(39)44)54-30-15-13-27-51(54)48-25-11-10-24-47(48)46-23-9-8-22-45(46)38-17-4-3-5-18-38/h3-37H,1-2H3. The summed E-state index contributed by atoms with van der Waals surface area (Å²) in [6, 6.07) is 77.6. The predicted molar refractivity (Wildman–Crippen MR) is 238 cm³/mol. The van der Waals surface area contributed by atoms with Crippen molar-refractivity contribution in [2.75, 3.05) is 4.90 Å². The van der Waals surface area contributed by atoms with Crippen LogP contribution >= 0.6 is 0 Å². The van der Waals surface area contributed by atoms with Crippen LogP contribution in [-0.4, -0.2) is 0 Å². The largest absolute Gasteiger partial charge is 0.310 e. The van der Waals surface area contributed by atoms with Crippen LogP contribution in [0, 0.1) is 0 Å². The first-order valence-electron chi connectivity index (χ1n) is 19.5. The van der Waals surface area contributed by atoms with Crippen molar-refractivity contribution in [3.05, 3.63) is 223 Å². The number of fused-ring (bicyclic) bond motifs is 4. The second-order valence-electron chi connectivity index (χ2n) is 15.3. The van der Waals surface area contributed by atoms with Crippen molar-refractivity contribution in [3.63, 3.8) is 0 Å². The molecule has 0 N–H and O–H groups in total. The molecule has 0 saturated heterocycles. The summed E-state index contributed by atoms with van der Waals surface area (Å²) in [4.78, 5) is 2.46. The lowest BCUT2D eigenvalue weighted by Crippen LogP contribution is -2.17. The lowest BCUT2D eigenvalue weighted by Gasteiger charge is -2.30. The maximum absolute atomic E-state index is 2.46. The smallest absolute Gasteiger partial charge is 0.0540 e. The van der Waals surface area contributed by atoms with Gasteiger partial charge in [-0.15, -0.1) is 0 Å². The Morgan fingerprint density at radius 3 is 1.59 bits per heavy atom. The molecule has 0 radical (unpaired) electrons. The minimum Gasteiger partial charge on any atom is -0.310 e. The van der Waals surface area contributed by atoms with E-state index in [4.69, 9.17) is 0 Å². The van der Waals surface area contributed by atoms with Crippen molar-refractivity contribution < 1.29 is 0 Å². The maximum Gasteiger partial charge on any atom is 0.0540 e. The first kappa shape index (κ1) is 33.6. The maximum atomic E-state index is 2.46. The van der Waals surface area contributed by atoms with E-state index in [1.54, 1.807) is 0 Å². The van der Waals surface area contributed by atoms with Crippen molar-refractivity contribution in [2.24, 2.45) is 0 Å². The number of hydrogen-bond acceptors (Lipinski definition) is 1. The van der Waals surface area contributed by atoms with Crippen LogP contribution in [0.3, 0.4) is 0 Å². The molecule has 0 aromatic heterocycles. The van der Waals surface area contributed by atoms with Crippen LogP contribution in [-0.2, 0) is 5.41 Å². The summed E-state index contributed by atoms with van der Waals surface area (Å²) < 4.78 is 0. The lowest BCUT2D eigenvalue weighted by atomic mass is 9.82. The van der Waals surface area contributed by atoms with Gasteiger partial charge in [0, 0.05) is 22.4 Å². The zero-order valence-corrected chi connectivity index (χ0v) is 31.7. The van der Waals surface area contributed by atoms with E-state index in [0.29, 0.717) is 0 Å². The third kappa shape index (κ3) is 5.63. The summed E-state index contributed by atoms with van der Waals surface area (Å²) in [6.45, 7) is 4.72. The van der Waals surface area contributed by atoms with E-state index in [9.17, 15) is 0 Å². The Morgan fingerprint density at radius 1 is 0.321 bits per heavy atom. The van der Waals surface area contributed by atoms with Crippen molar-refractivity contribution in [1.29, 1.82) is 0 Å². The molecule has 9 aromatic rings. The molecule has 56 heavy (non-hydrogen) atoms. The first-order valence-corrected chi connectivity index (χ1v) is 19.5. The Hall–Kier alpha value is -6.96. The van der Waals surface area contributed by atoms with Gasteiger partial charge in [-0.3, -0.25) is 0 Å². The molecular formula is C55H41N. The highest BCUT2D eigenvalue weighted by molar-refractivity contribution is 5.99. The Labute approximate surface area is 329 Å². The summed E-state index contributed by atoms with van der Waals surface area (Å²) in [5, 5.41) is 2.51. The van der Waals surface area contributed by atoms with E-state index >= 15 is 0 Å². The minimum absolute atomic E-state index is 0.126. The molecule has 1 aliphatic carbocycles. The van der Waals surface area contributed by atoms with E-state index in [0.717, 1.165) is 17.1 Å². The minimum atomic E-state index is -0.126. The molecule has 0 saturated carbocycles. The predicted octanol–water partition coefficient (Wildman–Crippen LogP) is 15.3. The number of hydrogen-bond donors (Lipinski definition) is 0. The fourth-order valence-electron chi connectivity index (χ4n) is 8.96. The molecule has 10 rings (SSSR count). The number of anilines is 3. The van der Waals surface area contributed by atoms with E-state index in [1.165, 1.54) is 77.5 Å². The van der Waals surface area contributed by atoms with Crippen LogP contribution in [0.2, 0.25) is 0 Å². The van der Waals surface area contributed by atoms with Crippen molar-refractivity contribution in [3.8, 4) is 55.6 Å². The molecule has 0 spiro atoms. The topological polar surface area (TPSA) is 3.24 Å². The van der Waals surface area contributed by atoms with Gasteiger partial charge in [0.25, 0.3) is 0 Å². The molecule has 266 valence electrons. The lowest BCUT2D eigenvalue weighted by molar-refractivity contribution is 0.660. The zero-order chi connectivity index (χ0) is 37.6. The van der Waals surface area contributed by atoms with E-state index in [1.807, 2.05) is 0 Å². The van der Waals surface area contributed by atoms with Crippen LogP contribution in [0.1, 0.15) is 25.0 Å². The van der Waals surface area contributed by atoms with Crippen LogP contribution in [0.15, 0.2) is 212 Å². The Morgan fingerprint density at radius 2 is 0.821 bits per heavy atom. The molecule has 9 aromatic carbocycles.